The van der Waals surface area contributed by atoms with E-state index in [-0.39, 0.29) is 35.5 Å². The van der Waals surface area contributed by atoms with Crippen LogP contribution in [0.3, 0.4) is 0 Å². The normalized spacial score (nSPS) is 25.9. The molecule has 0 aromatic heterocycles. The third-order valence-corrected chi connectivity index (χ3v) is 4.42. The Kier molecular flexibility index (Phi) is 4.38. The number of nitrogens with one attached hydrogen (secondary N) is 1. The lowest BCUT2D eigenvalue weighted by Crippen LogP contribution is -2.63. The highest BCUT2D eigenvalue weighted by Crippen LogP contribution is 2.46. The molecule has 1 saturated heterocycles. The molecular weight excluding hydrogens is 294 g/mol. The van der Waals surface area contributed by atoms with Gasteiger partial charge in [0.2, 0.25) is 11.8 Å². The number of carboxylic acids is 1. The summed E-state index contributed by atoms with van der Waals surface area (Å²) in [6, 6.07) is -0.465. The van der Waals surface area contributed by atoms with E-state index in [1.165, 1.54) is 29.8 Å². The van der Waals surface area contributed by atoms with Gasteiger partial charge in [0, 0.05) is 30.5 Å². The van der Waals surface area contributed by atoms with Gasteiger partial charge in [-0.2, -0.15) is 0 Å². The smallest absolute Gasteiger partial charge is 0.353 e. The number of nitrogens with two attached hydrogens (primary N) is 1. The van der Waals surface area contributed by atoms with Gasteiger partial charge in [0.25, 0.3) is 0 Å². The summed E-state index contributed by atoms with van der Waals surface area (Å²) >= 11 is 1.19. The molecule has 114 valence electrons. The number of β-lactam (4-membered cyclic amide) rings is 1. The molecule has 2 amide bonds. The van der Waals surface area contributed by atoms with Gasteiger partial charge < -0.3 is 21.1 Å². The van der Waals surface area contributed by atoms with Crippen LogP contribution in [0.1, 0.15) is 20.3 Å². The van der Waals surface area contributed by atoms with Gasteiger partial charge in [0.05, 0.1) is 12.0 Å². The molecule has 8 heteroatoms. The molecule has 2 rings (SSSR count). The van der Waals surface area contributed by atoms with E-state index in [0.717, 1.165) is 0 Å². The maximum absolute atomic E-state index is 12.0. The average Bonchev–Trinajstić information content (AvgIpc) is 2.68. The summed E-state index contributed by atoms with van der Waals surface area (Å²) in [6.07, 6.45) is 1.93. The summed E-state index contributed by atoms with van der Waals surface area (Å²) in [5.41, 5.74) is 5.81. The second kappa shape index (κ2) is 5.90. The number of aliphatic carboxylic acids is 1. The van der Waals surface area contributed by atoms with Crippen LogP contribution in [0, 0.1) is 5.92 Å². The van der Waals surface area contributed by atoms with Crippen molar-refractivity contribution in [1.82, 2.24) is 10.2 Å². The SMILES string of the molecule is CC(=O)NC=CSC1=C(C(=O)O)N2C(=O)[C@H]([C@@H](C)N)[C@H]2C1. The highest BCUT2D eigenvalue weighted by Gasteiger charge is 2.56. The van der Waals surface area contributed by atoms with E-state index in [9.17, 15) is 19.5 Å². The third kappa shape index (κ3) is 2.81. The summed E-state index contributed by atoms with van der Waals surface area (Å²) in [7, 11) is 0. The highest BCUT2D eigenvalue weighted by atomic mass is 32.2. The number of hydrogen-bond donors (Lipinski definition) is 3. The van der Waals surface area contributed by atoms with Gasteiger partial charge in [0.15, 0.2) is 0 Å². The number of fused-ring (bicyclic) bond motifs is 1. The monoisotopic (exact) mass is 311 g/mol. The second-order valence-electron chi connectivity index (χ2n) is 5.06. The Bertz CT molecular complexity index is 556. The Morgan fingerprint density at radius 3 is 2.76 bits per heavy atom. The predicted octanol–water partition coefficient (Wildman–Crippen LogP) is 0.201. The van der Waals surface area contributed by atoms with E-state index < -0.39 is 5.97 Å². The Morgan fingerprint density at radius 1 is 1.57 bits per heavy atom. The van der Waals surface area contributed by atoms with E-state index in [0.29, 0.717) is 11.3 Å². The molecule has 2 heterocycles. The molecule has 1 fully saturated rings. The zero-order valence-corrected chi connectivity index (χ0v) is 12.5. The van der Waals surface area contributed by atoms with Crippen LogP contribution in [0.4, 0.5) is 0 Å². The molecule has 0 saturated carbocycles. The molecule has 0 radical (unpaired) electrons. The first-order valence-corrected chi connectivity index (χ1v) is 7.36. The quantitative estimate of drug-likeness (QED) is 0.625. The maximum Gasteiger partial charge on any atom is 0.353 e. The first kappa shape index (κ1) is 15.6. The number of amides is 2. The lowest BCUT2D eigenvalue weighted by Gasteiger charge is -2.45. The predicted molar refractivity (Wildman–Crippen MR) is 77.6 cm³/mol. The molecule has 0 bridgehead atoms. The van der Waals surface area contributed by atoms with Crippen molar-refractivity contribution in [2.45, 2.75) is 32.4 Å². The Balaban J connectivity index is 2.13. The molecular formula is C13H17N3O4S. The molecule has 0 aliphatic carbocycles. The molecule has 0 aromatic carbocycles. The van der Waals surface area contributed by atoms with Crippen LogP contribution in [0.15, 0.2) is 22.2 Å². The van der Waals surface area contributed by atoms with Gasteiger partial charge >= 0.3 is 5.97 Å². The van der Waals surface area contributed by atoms with Crippen LogP contribution in [0.5, 0.6) is 0 Å². The van der Waals surface area contributed by atoms with E-state index in [4.69, 9.17) is 5.73 Å². The summed E-state index contributed by atoms with van der Waals surface area (Å²) in [5, 5.41) is 13.4. The zero-order valence-electron chi connectivity index (χ0n) is 11.7. The van der Waals surface area contributed by atoms with Crippen molar-refractivity contribution in [2.24, 2.45) is 11.7 Å². The van der Waals surface area contributed by atoms with E-state index >= 15 is 0 Å². The van der Waals surface area contributed by atoms with Crippen LogP contribution in [-0.4, -0.2) is 39.9 Å². The van der Waals surface area contributed by atoms with Gasteiger partial charge in [-0.1, -0.05) is 11.8 Å². The number of rotatable bonds is 5. The van der Waals surface area contributed by atoms with Gasteiger partial charge in [-0.3, -0.25) is 9.59 Å². The summed E-state index contributed by atoms with van der Waals surface area (Å²) in [6.45, 7) is 3.13. The molecule has 7 nitrogen and oxygen atoms in total. The number of thioether (sulfide) groups is 1. The number of nitrogens with zero attached hydrogens (tertiary/aromatic N) is 1. The van der Waals surface area contributed by atoms with E-state index in [1.807, 2.05) is 0 Å². The minimum atomic E-state index is -1.12. The van der Waals surface area contributed by atoms with Crippen molar-refractivity contribution in [3.63, 3.8) is 0 Å². The fourth-order valence-electron chi connectivity index (χ4n) is 2.65. The minimum absolute atomic E-state index is 0.0272. The number of carboxylic acid groups (broad SMARTS) is 1. The van der Waals surface area contributed by atoms with Crippen molar-refractivity contribution >= 4 is 29.5 Å². The van der Waals surface area contributed by atoms with Crippen molar-refractivity contribution in [3.05, 3.63) is 22.2 Å². The fourth-order valence-corrected chi connectivity index (χ4v) is 3.52. The van der Waals surface area contributed by atoms with Crippen molar-refractivity contribution < 1.29 is 19.5 Å². The van der Waals surface area contributed by atoms with Crippen LogP contribution < -0.4 is 11.1 Å². The van der Waals surface area contributed by atoms with E-state index in [2.05, 4.69) is 5.32 Å². The lowest BCUT2D eigenvalue weighted by molar-refractivity contribution is -0.155. The van der Waals surface area contributed by atoms with Crippen molar-refractivity contribution in [2.75, 3.05) is 0 Å². The van der Waals surface area contributed by atoms with Gasteiger partial charge in [-0.15, -0.1) is 0 Å². The molecule has 0 spiro atoms. The molecule has 0 aromatic rings. The Hall–Kier alpha value is -1.80. The highest BCUT2D eigenvalue weighted by molar-refractivity contribution is 8.05. The Labute approximate surface area is 126 Å². The van der Waals surface area contributed by atoms with E-state index in [1.54, 1.807) is 12.3 Å². The molecule has 0 unspecified atom stereocenters. The minimum Gasteiger partial charge on any atom is -0.477 e. The summed E-state index contributed by atoms with van der Waals surface area (Å²) in [5.74, 6) is -1.88. The number of carbonyl (C=O) groups is 3. The standard InChI is InChI=1S/C13H17N3O4S/c1-6(14)10-8-5-9(21-4-3-15-7(2)17)11(13(19)20)16(8)12(10)18/h3-4,6,8,10H,5,14H2,1-2H3,(H,15,17)(H,19,20)/t6-,8-,10-/m1/s1. The average molecular weight is 311 g/mol. The Morgan fingerprint density at radius 2 is 2.24 bits per heavy atom. The van der Waals surface area contributed by atoms with Gasteiger partial charge in [-0.05, 0) is 12.3 Å². The zero-order chi connectivity index (χ0) is 15.7. The molecule has 4 N–H and O–H groups in total. The van der Waals surface area contributed by atoms with Crippen LogP contribution >= 0.6 is 11.8 Å². The van der Waals surface area contributed by atoms with Crippen molar-refractivity contribution in [1.29, 1.82) is 0 Å². The first-order chi connectivity index (χ1) is 9.84. The third-order valence-electron chi connectivity index (χ3n) is 3.50. The summed E-state index contributed by atoms with van der Waals surface area (Å²) in [4.78, 5) is 36.1. The maximum atomic E-state index is 12.0. The lowest BCUT2D eigenvalue weighted by atomic mass is 9.82. The van der Waals surface area contributed by atoms with Crippen LogP contribution in [0.25, 0.3) is 0 Å². The molecule has 21 heavy (non-hydrogen) atoms. The first-order valence-electron chi connectivity index (χ1n) is 6.48. The fraction of sp³-hybridized carbons (Fsp3) is 0.462. The van der Waals surface area contributed by atoms with Crippen LogP contribution in [-0.2, 0) is 14.4 Å². The largest absolute Gasteiger partial charge is 0.477 e. The molecule has 2 aliphatic heterocycles. The molecule has 2 aliphatic rings. The summed E-state index contributed by atoms with van der Waals surface area (Å²) < 4.78 is 0. The molecule has 3 atom stereocenters. The van der Waals surface area contributed by atoms with Gasteiger partial charge in [-0.25, -0.2) is 4.79 Å². The second-order valence-corrected chi connectivity index (χ2v) is 6.06. The van der Waals surface area contributed by atoms with Crippen LogP contribution in [0.2, 0.25) is 0 Å². The van der Waals surface area contributed by atoms with Crippen molar-refractivity contribution in [3.8, 4) is 0 Å². The topological polar surface area (TPSA) is 113 Å². The van der Waals surface area contributed by atoms with Gasteiger partial charge in [0.1, 0.15) is 5.70 Å². The number of carbonyl (C=O) groups excluding carboxylic acids is 2. The number of hydrogen-bond acceptors (Lipinski definition) is 5.